The third-order valence-corrected chi connectivity index (χ3v) is 5.10. The van der Waals surface area contributed by atoms with Crippen molar-refractivity contribution in [3.8, 4) is 0 Å². The Labute approximate surface area is 162 Å². The molecular formula is C19H19Cl2N3O2. The number of anilines is 1. The lowest BCUT2D eigenvalue weighted by Crippen LogP contribution is -2.41. The Morgan fingerprint density at radius 3 is 2.50 bits per heavy atom. The molecule has 0 aromatic heterocycles. The van der Waals surface area contributed by atoms with Gasteiger partial charge >= 0.3 is 6.03 Å². The number of hydrogen-bond acceptors (Lipinski definition) is 2. The first-order valence-corrected chi connectivity index (χ1v) is 9.04. The van der Waals surface area contributed by atoms with E-state index in [2.05, 4.69) is 10.6 Å². The molecule has 1 unspecified atom stereocenters. The fourth-order valence-electron chi connectivity index (χ4n) is 3.23. The van der Waals surface area contributed by atoms with Crippen LogP contribution in [0.15, 0.2) is 36.4 Å². The first-order chi connectivity index (χ1) is 12.4. The normalized spacial score (nSPS) is 16.0. The van der Waals surface area contributed by atoms with E-state index in [0.29, 0.717) is 34.3 Å². The van der Waals surface area contributed by atoms with Gasteiger partial charge in [-0.1, -0.05) is 23.2 Å². The SMILES string of the molecule is CNC(=O)c1ccc(NC(=O)N2CCc3cc(Cl)cc(Cl)c3C2C)cc1. The number of urea groups is 1. The zero-order valence-electron chi connectivity index (χ0n) is 14.5. The van der Waals surface area contributed by atoms with E-state index in [1.54, 1.807) is 42.3 Å². The second kappa shape index (κ2) is 7.56. The van der Waals surface area contributed by atoms with E-state index in [0.717, 1.165) is 11.1 Å². The van der Waals surface area contributed by atoms with Gasteiger partial charge in [0.2, 0.25) is 0 Å². The highest BCUT2D eigenvalue weighted by molar-refractivity contribution is 6.35. The van der Waals surface area contributed by atoms with Crippen LogP contribution in [0.2, 0.25) is 10.0 Å². The summed E-state index contributed by atoms with van der Waals surface area (Å²) >= 11 is 12.4. The van der Waals surface area contributed by atoms with E-state index >= 15 is 0 Å². The third-order valence-electron chi connectivity index (χ3n) is 4.57. The molecule has 0 fully saturated rings. The van der Waals surface area contributed by atoms with Crippen LogP contribution in [0.5, 0.6) is 0 Å². The number of benzene rings is 2. The monoisotopic (exact) mass is 391 g/mol. The van der Waals surface area contributed by atoms with Crippen LogP contribution in [-0.2, 0) is 6.42 Å². The third kappa shape index (κ3) is 3.64. The number of halogens is 2. The quantitative estimate of drug-likeness (QED) is 0.790. The van der Waals surface area contributed by atoms with Crippen molar-refractivity contribution in [1.29, 1.82) is 0 Å². The van der Waals surface area contributed by atoms with Gasteiger partial charge in [0, 0.05) is 34.9 Å². The van der Waals surface area contributed by atoms with Gasteiger partial charge in [0.05, 0.1) is 6.04 Å². The number of fused-ring (bicyclic) bond motifs is 1. The van der Waals surface area contributed by atoms with E-state index in [1.165, 1.54) is 0 Å². The molecule has 1 aliphatic heterocycles. The van der Waals surface area contributed by atoms with E-state index in [1.807, 2.05) is 13.0 Å². The molecule has 0 saturated carbocycles. The molecule has 3 amide bonds. The topological polar surface area (TPSA) is 61.4 Å². The smallest absolute Gasteiger partial charge is 0.322 e. The number of nitrogens with zero attached hydrogens (tertiary/aromatic N) is 1. The van der Waals surface area contributed by atoms with Crippen LogP contribution in [-0.4, -0.2) is 30.4 Å². The molecule has 2 aromatic rings. The number of carbonyl (C=O) groups is 2. The van der Waals surface area contributed by atoms with Crippen molar-refractivity contribution in [2.45, 2.75) is 19.4 Å². The summed E-state index contributed by atoms with van der Waals surface area (Å²) < 4.78 is 0. The average molecular weight is 392 g/mol. The molecule has 0 saturated heterocycles. The first kappa shape index (κ1) is 18.5. The largest absolute Gasteiger partial charge is 0.355 e. The van der Waals surface area contributed by atoms with Crippen molar-refractivity contribution in [1.82, 2.24) is 10.2 Å². The summed E-state index contributed by atoms with van der Waals surface area (Å²) in [5, 5.41) is 6.62. The zero-order valence-corrected chi connectivity index (χ0v) is 16.0. The molecular weight excluding hydrogens is 373 g/mol. The van der Waals surface area contributed by atoms with E-state index in [4.69, 9.17) is 23.2 Å². The van der Waals surface area contributed by atoms with Crippen LogP contribution in [0.1, 0.15) is 34.5 Å². The van der Waals surface area contributed by atoms with Crippen molar-refractivity contribution in [3.05, 3.63) is 63.1 Å². The van der Waals surface area contributed by atoms with Crippen molar-refractivity contribution in [2.75, 3.05) is 18.9 Å². The summed E-state index contributed by atoms with van der Waals surface area (Å²) in [5.74, 6) is -0.169. The maximum absolute atomic E-state index is 12.7. The molecule has 0 aliphatic carbocycles. The minimum Gasteiger partial charge on any atom is -0.355 e. The number of nitrogens with one attached hydrogen (secondary N) is 2. The summed E-state index contributed by atoms with van der Waals surface area (Å²) in [4.78, 5) is 26.0. The molecule has 7 heteroatoms. The Balaban J connectivity index is 1.75. The van der Waals surface area contributed by atoms with Gasteiger partial charge in [0.25, 0.3) is 5.91 Å². The van der Waals surface area contributed by atoms with Crippen LogP contribution in [0.3, 0.4) is 0 Å². The summed E-state index contributed by atoms with van der Waals surface area (Å²) in [7, 11) is 1.58. The number of rotatable bonds is 2. The number of hydrogen-bond donors (Lipinski definition) is 2. The minimum absolute atomic E-state index is 0.159. The molecule has 2 N–H and O–H groups in total. The lowest BCUT2D eigenvalue weighted by molar-refractivity contribution is 0.0963. The molecule has 136 valence electrons. The van der Waals surface area contributed by atoms with E-state index < -0.39 is 0 Å². The van der Waals surface area contributed by atoms with Gasteiger partial charge in [0.15, 0.2) is 0 Å². The van der Waals surface area contributed by atoms with Crippen molar-refractivity contribution in [2.24, 2.45) is 0 Å². The molecule has 1 aliphatic rings. The van der Waals surface area contributed by atoms with Crippen LogP contribution in [0.25, 0.3) is 0 Å². The minimum atomic E-state index is -0.207. The summed E-state index contributed by atoms with van der Waals surface area (Å²) in [6, 6.07) is 10.00. The molecule has 2 aromatic carbocycles. The Hall–Kier alpha value is -2.24. The van der Waals surface area contributed by atoms with Crippen LogP contribution >= 0.6 is 23.2 Å². The van der Waals surface area contributed by atoms with Gasteiger partial charge < -0.3 is 15.5 Å². The Morgan fingerprint density at radius 2 is 1.85 bits per heavy atom. The van der Waals surface area contributed by atoms with Gasteiger partial charge in [-0.25, -0.2) is 4.79 Å². The zero-order chi connectivity index (χ0) is 18.8. The highest BCUT2D eigenvalue weighted by atomic mass is 35.5. The van der Waals surface area contributed by atoms with E-state index in [9.17, 15) is 9.59 Å². The van der Waals surface area contributed by atoms with Gasteiger partial charge in [-0.3, -0.25) is 4.79 Å². The molecule has 5 nitrogen and oxygen atoms in total. The first-order valence-electron chi connectivity index (χ1n) is 8.28. The van der Waals surface area contributed by atoms with Crippen LogP contribution in [0.4, 0.5) is 10.5 Å². The predicted octanol–water partition coefficient (Wildman–Crippen LogP) is 4.50. The molecule has 26 heavy (non-hydrogen) atoms. The maximum atomic E-state index is 12.7. The molecule has 1 heterocycles. The van der Waals surface area contributed by atoms with Crippen molar-refractivity contribution in [3.63, 3.8) is 0 Å². The second-order valence-electron chi connectivity index (χ2n) is 6.17. The Morgan fingerprint density at radius 1 is 1.15 bits per heavy atom. The standard InChI is InChI=1S/C19H19Cl2N3O2/c1-11-17-13(9-14(20)10-16(17)21)7-8-24(11)19(26)23-15-5-3-12(4-6-15)18(25)22-2/h3-6,9-11H,7-8H2,1-2H3,(H,22,25)(H,23,26). The molecule has 0 bridgehead atoms. The predicted molar refractivity (Wildman–Crippen MR) is 104 cm³/mol. The second-order valence-corrected chi connectivity index (χ2v) is 7.01. The maximum Gasteiger partial charge on any atom is 0.322 e. The van der Waals surface area contributed by atoms with Crippen LogP contribution in [0, 0.1) is 0 Å². The lowest BCUT2D eigenvalue weighted by atomic mass is 9.93. The van der Waals surface area contributed by atoms with Gasteiger partial charge in [-0.05, 0) is 60.9 Å². The van der Waals surface area contributed by atoms with E-state index in [-0.39, 0.29) is 18.0 Å². The van der Waals surface area contributed by atoms with Crippen molar-refractivity contribution < 1.29 is 9.59 Å². The number of carbonyl (C=O) groups excluding carboxylic acids is 2. The Bertz CT molecular complexity index is 853. The summed E-state index contributed by atoms with van der Waals surface area (Å²) in [6.07, 6.45) is 0.697. The van der Waals surface area contributed by atoms with Gasteiger partial charge in [-0.15, -0.1) is 0 Å². The fraction of sp³-hybridized carbons (Fsp3) is 0.263. The molecule has 1 atom stereocenters. The fourth-order valence-corrected chi connectivity index (χ4v) is 3.92. The summed E-state index contributed by atoms with van der Waals surface area (Å²) in [5.41, 5.74) is 3.18. The molecule has 0 radical (unpaired) electrons. The highest BCUT2D eigenvalue weighted by Gasteiger charge is 2.29. The Kier molecular flexibility index (Phi) is 5.39. The van der Waals surface area contributed by atoms with Crippen LogP contribution < -0.4 is 10.6 Å². The molecule has 3 rings (SSSR count). The van der Waals surface area contributed by atoms with Gasteiger partial charge in [-0.2, -0.15) is 0 Å². The lowest BCUT2D eigenvalue weighted by Gasteiger charge is -2.36. The summed E-state index contributed by atoms with van der Waals surface area (Å²) in [6.45, 7) is 2.53. The number of amides is 3. The molecule has 0 spiro atoms. The van der Waals surface area contributed by atoms with Crippen molar-refractivity contribution >= 4 is 40.8 Å². The average Bonchev–Trinajstić information content (AvgIpc) is 2.61. The highest BCUT2D eigenvalue weighted by Crippen LogP contribution is 2.37. The van der Waals surface area contributed by atoms with Gasteiger partial charge in [0.1, 0.15) is 0 Å².